The lowest BCUT2D eigenvalue weighted by Gasteiger charge is -2.12. The molecule has 1 aliphatic rings. The highest BCUT2D eigenvalue weighted by atomic mass is 32.1. The van der Waals surface area contributed by atoms with Crippen molar-refractivity contribution in [3.05, 3.63) is 45.8 Å². The second-order valence-corrected chi connectivity index (χ2v) is 7.58. The fourth-order valence-electron chi connectivity index (χ4n) is 3.24. The number of esters is 1. The van der Waals surface area contributed by atoms with Crippen molar-refractivity contribution in [1.82, 2.24) is 0 Å². The maximum atomic E-state index is 12.4. The zero-order valence-corrected chi connectivity index (χ0v) is 16.6. The number of hydrogen-bond donors (Lipinski definition) is 1. The molecule has 0 atom stereocenters. The van der Waals surface area contributed by atoms with E-state index in [9.17, 15) is 9.59 Å². The van der Waals surface area contributed by atoms with E-state index in [1.807, 2.05) is 24.3 Å². The highest BCUT2D eigenvalue weighted by Crippen LogP contribution is 2.38. The molecule has 1 N–H and O–H groups in total. The number of benzene rings is 1. The Morgan fingerprint density at radius 1 is 1.19 bits per heavy atom. The van der Waals surface area contributed by atoms with E-state index < -0.39 is 0 Å². The molecule has 0 bridgehead atoms. The van der Waals surface area contributed by atoms with Crippen molar-refractivity contribution in [1.29, 1.82) is 0 Å². The van der Waals surface area contributed by atoms with Crippen LogP contribution in [0.5, 0.6) is 5.75 Å². The molecule has 27 heavy (non-hydrogen) atoms. The molecule has 144 valence electrons. The van der Waals surface area contributed by atoms with Crippen molar-refractivity contribution in [2.45, 2.75) is 46.0 Å². The van der Waals surface area contributed by atoms with Crippen LogP contribution >= 0.6 is 11.3 Å². The summed E-state index contributed by atoms with van der Waals surface area (Å²) in [6.07, 6.45) is 4.88. The Labute approximate surface area is 163 Å². The van der Waals surface area contributed by atoms with E-state index in [2.05, 4.69) is 12.2 Å². The summed E-state index contributed by atoms with van der Waals surface area (Å²) in [6.45, 7) is 4.07. The van der Waals surface area contributed by atoms with Gasteiger partial charge < -0.3 is 14.8 Å². The number of rotatable bonds is 7. The summed E-state index contributed by atoms with van der Waals surface area (Å²) in [7, 11) is 0. The minimum atomic E-state index is -0.358. The smallest absolute Gasteiger partial charge is 0.341 e. The average molecular weight is 388 g/mol. The molecule has 3 rings (SSSR count). The molecule has 6 heteroatoms. The fourth-order valence-corrected chi connectivity index (χ4v) is 4.53. The van der Waals surface area contributed by atoms with Crippen LogP contribution in [0.15, 0.2) is 24.3 Å². The molecule has 0 fully saturated rings. The van der Waals surface area contributed by atoms with Crippen molar-refractivity contribution in [3.8, 4) is 5.75 Å². The van der Waals surface area contributed by atoms with E-state index in [-0.39, 0.29) is 18.5 Å². The molecule has 1 aromatic heterocycles. The Morgan fingerprint density at radius 2 is 2.00 bits per heavy atom. The van der Waals surface area contributed by atoms with Gasteiger partial charge in [-0.25, -0.2) is 4.79 Å². The molecule has 0 aliphatic heterocycles. The molecule has 0 unspecified atom stereocenters. The van der Waals surface area contributed by atoms with Crippen molar-refractivity contribution < 1.29 is 19.1 Å². The van der Waals surface area contributed by atoms with Crippen molar-refractivity contribution in [3.63, 3.8) is 0 Å². The second-order valence-electron chi connectivity index (χ2n) is 6.47. The Hall–Kier alpha value is -2.34. The monoisotopic (exact) mass is 387 g/mol. The van der Waals surface area contributed by atoms with Crippen molar-refractivity contribution >= 4 is 28.2 Å². The van der Waals surface area contributed by atoms with Gasteiger partial charge in [0.05, 0.1) is 12.2 Å². The molecule has 0 saturated heterocycles. The molecule has 1 amide bonds. The van der Waals surface area contributed by atoms with Crippen LogP contribution in [0.4, 0.5) is 5.00 Å². The lowest BCUT2D eigenvalue weighted by molar-refractivity contribution is -0.118. The topological polar surface area (TPSA) is 64.6 Å². The van der Waals surface area contributed by atoms with E-state index in [1.54, 1.807) is 6.92 Å². The van der Waals surface area contributed by atoms with Gasteiger partial charge in [-0.15, -0.1) is 11.3 Å². The summed E-state index contributed by atoms with van der Waals surface area (Å²) in [5, 5.41) is 3.44. The zero-order valence-electron chi connectivity index (χ0n) is 15.8. The van der Waals surface area contributed by atoms with Gasteiger partial charge in [-0.3, -0.25) is 4.79 Å². The van der Waals surface area contributed by atoms with E-state index in [1.165, 1.54) is 16.2 Å². The first-order valence-electron chi connectivity index (χ1n) is 9.45. The van der Waals surface area contributed by atoms with Crippen molar-refractivity contribution in [2.24, 2.45) is 0 Å². The number of ether oxygens (including phenoxy) is 2. The first kappa shape index (κ1) is 19.4. The third kappa shape index (κ3) is 4.69. The van der Waals surface area contributed by atoms with Gasteiger partial charge in [-0.05, 0) is 62.3 Å². The number of hydrogen-bond acceptors (Lipinski definition) is 5. The third-order valence-electron chi connectivity index (χ3n) is 4.58. The number of anilines is 1. The van der Waals surface area contributed by atoms with Gasteiger partial charge >= 0.3 is 5.97 Å². The molecular formula is C21H25NO4S. The Bertz CT molecular complexity index is 828. The van der Waals surface area contributed by atoms with Crippen LogP contribution in [0.25, 0.3) is 0 Å². The van der Waals surface area contributed by atoms with Crippen LogP contribution < -0.4 is 10.1 Å². The minimum Gasteiger partial charge on any atom is -0.484 e. The quantitative estimate of drug-likeness (QED) is 0.716. The predicted octanol–water partition coefficient (Wildman–Crippen LogP) is 4.38. The summed E-state index contributed by atoms with van der Waals surface area (Å²) in [6, 6.07) is 7.70. The lowest BCUT2D eigenvalue weighted by Crippen LogP contribution is -2.21. The van der Waals surface area contributed by atoms with E-state index >= 15 is 0 Å². The van der Waals surface area contributed by atoms with Crippen LogP contribution in [0.3, 0.4) is 0 Å². The number of carbonyl (C=O) groups excluding carboxylic acids is 2. The Morgan fingerprint density at radius 3 is 2.78 bits per heavy atom. The van der Waals surface area contributed by atoms with E-state index in [0.717, 1.165) is 43.2 Å². The average Bonchev–Trinajstić information content (AvgIpc) is 3.04. The highest BCUT2D eigenvalue weighted by molar-refractivity contribution is 7.17. The van der Waals surface area contributed by atoms with Crippen LogP contribution in [-0.4, -0.2) is 25.1 Å². The predicted molar refractivity (Wildman–Crippen MR) is 107 cm³/mol. The zero-order chi connectivity index (χ0) is 19.2. The number of amides is 1. The van der Waals surface area contributed by atoms with E-state index in [4.69, 9.17) is 9.47 Å². The van der Waals surface area contributed by atoms with Crippen molar-refractivity contribution in [2.75, 3.05) is 18.5 Å². The summed E-state index contributed by atoms with van der Waals surface area (Å²) in [5.74, 6) is 0.0328. The molecule has 0 spiro atoms. The van der Waals surface area contributed by atoms with Crippen LogP contribution in [0, 0.1) is 0 Å². The molecule has 0 radical (unpaired) electrons. The van der Waals surface area contributed by atoms with E-state index in [0.29, 0.717) is 22.9 Å². The lowest BCUT2D eigenvalue weighted by atomic mass is 9.95. The number of nitrogens with one attached hydrogen (secondary N) is 1. The van der Waals surface area contributed by atoms with Gasteiger partial charge in [0.15, 0.2) is 6.61 Å². The van der Waals surface area contributed by atoms with Crippen LogP contribution in [0.2, 0.25) is 0 Å². The molecule has 0 saturated carbocycles. The summed E-state index contributed by atoms with van der Waals surface area (Å²) in [4.78, 5) is 26.0. The van der Waals surface area contributed by atoms with Crippen LogP contribution in [0.1, 0.15) is 53.1 Å². The molecule has 1 aliphatic carbocycles. The number of thiophene rings is 1. The van der Waals surface area contributed by atoms with Gasteiger partial charge in [0.2, 0.25) is 0 Å². The number of aryl methyl sites for hydroxylation is 2. The van der Waals surface area contributed by atoms with Gasteiger partial charge in [0.25, 0.3) is 5.91 Å². The van der Waals surface area contributed by atoms with Gasteiger partial charge in [-0.1, -0.05) is 19.1 Å². The molecule has 1 aromatic carbocycles. The second kappa shape index (κ2) is 9.04. The molecule has 5 nitrogen and oxygen atoms in total. The maximum Gasteiger partial charge on any atom is 0.341 e. The third-order valence-corrected chi connectivity index (χ3v) is 5.79. The SMILES string of the molecule is CCOC(=O)c1c(NC(=O)COc2cccc(CC)c2)sc2c1CCCC2. The van der Waals surface area contributed by atoms with Gasteiger partial charge in [0.1, 0.15) is 10.8 Å². The first-order chi connectivity index (χ1) is 13.1. The molecular weight excluding hydrogens is 362 g/mol. The Kier molecular flexibility index (Phi) is 6.50. The molecule has 2 aromatic rings. The molecule has 1 heterocycles. The minimum absolute atomic E-state index is 0.0992. The number of fused-ring (bicyclic) bond motifs is 1. The van der Waals surface area contributed by atoms with Gasteiger partial charge in [0, 0.05) is 4.88 Å². The first-order valence-corrected chi connectivity index (χ1v) is 10.3. The highest BCUT2D eigenvalue weighted by Gasteiger charge is 2.27. The summed E-state index contributed by atoms with van der Waals surface area (Å²) >= 11 is 1.48. The fraction of sp³-hybridized carbons (Fsp3) is 0.429. The standard InChI is InChI=1S/C21H25NO4S/c1-3-14-8-7-9-15(12-14)26-13-18(23)22-20-19(21(24)25-4-2)16-10-5-6-11-17(16)27-20/h7-9,12H,3-6,10-11,13H2,1-2H3,(H,22,23). The normalized spacial score (nSPS) is 13.0. The van der Waals surface area contributed by atoms with Crippen LogP contribution in [-0.2, 0) is 28.8 Å². The Balaban J connectivity index is 1.71. The number of carbonyl (C=O) groups is 2. The summed E-state index contributed by atoms with van der Waals surface area (Å²) in [5.41, 5.74) is 2.72. The largest absolute Gasteiger partial charge is 0.484 e. The van der Waals surface area contributed by atoms with Gasteiger partial charge in [-0.2, -0.15) is 0 Å². The maximum absolute atomic E-state index is 12.4. The summed E-state index contributed by atoms with van der Waals surface area (Å²) < 4.78 is 10.8.